The number of carbonyl (C=O) groups is 1. The smallest absolute Gasteiger partial charge is 0.418 e. The molecular formula is C25H25ClF6N6O2. The molecule has 4 rings (SSSR count). The quantitative estimate of drug-likeness (QED) is 0.297. The zero-order chi connectivity index (χ0) is 28.8. The van der Waals surface area contributed by atoms with E-state index in [2.05, 4.69) is 20.5 Å². The van der Waals surface area contributed by atoms with Crippen molar-refractivity contribution in [2.45, 2.75) is 52.6 Å². The molecule has 2 aliphatic rings. The molecule has 1 aromatic carbocycles. The van der Waals surface area contributed by atoms with E-state index in [1.54, 1.807) is 20.8 Å². The second-order valence-corrected chi connectivity index (χ2v) is 9.77. The van der Waals surface area contributed by atoms with Gasteiger partial charge in [0.05, 0.1) is 22.2 Å². The van der Waals surface area contributed by atoms with Crippen LogP contribution in [-0.2, 0) is 21.9 Å². The highest BCUT2D eigenvalue weighted by Gasteiger charge is 2.40. The first-order valence-electron chi connectivity index (χ1n) is 11.6. The van der Waals surface area contributed by atoms with Crippen molar-refractivity contribution in [2.24, 2.45) is 15.6 Å². The van der Waals surface area contributed by atoms with Crippen LogP contribution in [0.3, 0.4) is 0 Å². The van der Waals surface area contributed by atoms with Crippen molar-refractivity contribution in [3.8, 4) is 0 Å². The molecule has 0 aliphatic carbocycles. The molecule has 0 bridgehead atoms. The molecule has 1 aromatic heterocycles. The molecule has 15 heteroatoms. The SMILES string of the molecule is CC(OC(=O)C(C)(C)C)N1C=C(c2ncccc2C(F)(F)F)C=C2N=NC(Nc3ccc(C(F)(F)F)cc3)N21.Cl. The number of alkyl halides is 6. The van der Waals surface area contributed by atoms with Crippen molar-refractivity contribution in [1.82, 2.24) is 15.0 Å². The Hall–Kier alpha value is -3.81. The van der Waals surface area contributed by atoms with Crippen LogP contribution in [0.2, 0.25) is 0 Å². The van der Waals surface area contributed by atoms with Gasteiger partial charge in [-0.15, -0.1) is 22.6 Å². The summed E-state index contributed by atoms with van der Waals surface area (Å²) in [4.78, 5) is 16.5. The van der Waals surface area contributed by atoms with Crippen LogP contribution >= 0.6 is 12.4 Å². The third-order valence-electron chi connectivity index (χ3n) is 5.70. The molecule has 3 heterocycles. The van der Waals surface area contributed by atoms with Crippen LogP contribution in [-0.4, -0.2) is 33.5 Å². The first-order chi connectivity index (χ1) is 18.1. The molecule has 0 spiro atoms. The van der Waals surface area contributed by atoms with Gasteiger partial charge in [0.25, 0.3) is 0 Å². The van der Waals surface area contributed by atoms with E-state index in [1.807, 2.05) is 0 Å². The fraction of sp³-hybridized carbons (Fsp3) is 0.360. The zero-order valence-corrected chi connectivity index (χ0v) is 22.4. The predicted molar refractivity (Wildman–Crippen MR) is 135 cm³/mol. The maximum absolute atomic E-state index is 13.7. The van der Waals surface area contributed by atoms with Crippen LogP contribution in [0.25, 0.3) is 5.57 Å². The fourth-order valence-corrected chi connectivity index (χ4v) is 3.71. The molecule has 216 valence electrons. The Bertz CT molecular complexity index is 1340. The summed E-state index contributed by atoms with van der Waals surface area (Å²) in [5.41, 5.74) is -2.76. The van der Waals surface area contributed by atoms with Crippen LogP contribution in [0.4, 0.5) is 32.0 Å². The van der Waals surface area contributed by atoms with Gasteiger partial charge in [0, 0.05) is 23.7 Å². The highest BCUT2D eigenvalue weighted by atomic mass is 35.5. The summed E-state index contributed by atoms with van der Waals surface area (Å²) >= 11 is 0. The molecule has 0 radical (unpaired) electrons. The standard InChI is InChI=1S/C25H24F6N6O2.ClH/c1-14(39-21(38)23(2,3)4)36-13-15(20-18(25(29,30)31)6-5-11-32-20)12-19-34-35-22(37(19)36)33-17-9-7-16(8-10-17)24(26,27)28;/h5-14,22,33H,1-4H3;1H. The average molecular weight is 591 g/mol. The Morgan fingerprint density at radius 3 is 2.25 bits per heavy atom. The van der Waals surface area contributed by atoms with Crippen LogP contribution in [0.1, 0.15) is 44.5 Å². The van der Waals surface area contributed by atoms with Gasteiger partial charge in [-0.1, -0.05) is 0 Å². The number of ether oxygens (including phenoxy) is 1. The molecule has 0 amide bonds. The van der Waals surface area contributed by atoms with Crippen LogP contribution in [0.15, 0.2) is 70.9 Å². The van der Waals surface area contributed by atoms with Gasteiger partial charge < -0.3 is 10.1 Å². The van der Waals surface area contributed by atoms with Gasteiger partial charge in [0.1, 0.15) is 0 Å². The van der Waals surface area contributed by atoms with Crippen LogP contribution < -0.4 is 5.32 Å². The van der Waals surface area contributed by atoms with Crippen molar-refractivity contribution in [3.63, 3.8) is 0 Å². The Balaban J connectivity index is 0.00000441. The largest absolute Gasteiger partial charge is 0.440 e. The molecule has 0 saturated heterocycles. The second kappa shape index (κ2) is 11.0. The predicted octanol–water partition coefficient (Wildman–Crippen LogP) is 7.05. The lowest BCUT2D eigenvalue weighted by Crippen LogP contribution is -2.51. The van der Waals surface area contributed by atoms with Crippen molar-refractivity contribution < 1.29 is 35.9 Å². The number of hydrogen-bond donors (Lipinski definition) is 1. The number of azo groups is 1. The third-order valence-corrected chi connectivity index (χ3v) is 5.70. The first-order valence-corrected chi connectivity index (χ1v) is 11.6. The normalized spacial score (nSPS) is 17.9. The van der Waals surface area contributed by atoms with E-state index in [4.69, 9.17) is 4.74 Å². The molecule has 2 atom stereocenters. The summed E-state index contributed by atoms with van der Waals surface area (Å²) in [6.45, 7) is 6.44. The van der Waals surface area contributed by atoms with Crippen molar-refractivity contribution in [1.29, 1.82) is 0 Å². The van der Waals surface area contributed by atoms with Crippen molar-refractivity contribution in [3.05, 3.63) is 77.5 Å². The number of hydrazine groups is 1. The molecule has 2 unspecified atom stereocenters. The maximum atomic E-state index is 13.7. The molecular weight excluding hydrogens is 566 g/mol. The Labute approximate surface area is 231 Å². The van der Waals surface area contributed by atoms with E-state index >= 15 is 0 Å². The van der Waals surface area contributed by atoms with E-state index in [9.17, 15) is 31.1 Å². The van der Waals surface area contributed by atoms with Crippen molar-refractivity contribution >= 4 is 29.6 Å². The first kappa shape index (κ1) is 30.7. The third kappa shape index (κ3) is 6.49. The summed E-state index contributed by atoms with van der Waals surface area (Å²) in [5, 5.41) is 13.8. The summed E-state index contributed by atoms with van der Waals surface area (Å²) in [5.74, 6) is -0.482. The number of halogens is 7. The Morgan fingerprint density at radius 2 is 1.68 bits per heavy atom. The molecule has 2 aromatic rings. The monoisotopic (exact) mass is 590 g/mol. The number of carbonyl (C=O) groups excluding carboxylic acids is 1. The summed E-state index contributed by atoms with van der Waals surface area (Å²) in [6, 6.07) is 6.27. The number of esters is 1. The Morgan fingerprint density at radius 1 is 1.02 bits per heavy atom. The number of fused-ring (bicyclic) bond motifs is 1. The number of allylic oxidation sites excluding steroid dienone is 2. The fourth-order valence-electron chi connectivity index (χ4n) is 3.71. The van der Waals surface area contributed by atoms with Gasteiger partial charge in [-0.2, -0.15) is 26.3 Å². The van der Waals surface area contributed by atoms with E-state index in [0.717, 1.165) is 18.2 Å². The van der Waals surface area contributed by atoms with Crippen LogP contribution in [0.5, 0.6) is 0 Å². The Kier molecular flexibility index (Phi) is 8.44. The summed E-state index contributed by atoms with van der Waals surface area (Å²) in [6.07, 6.45) is -7.40. The zero-order valence-electron chi connectivity index (χ0n) is 21.6. The van der Waals surface area contributed by atoms with Gasteiger partial charge in [-0.3, -0.25) is 9.78 Å². The van der Waals surface area contributed by atoms with E-state index in [0.29, 0.717) is 0 Å². The van der Waals surface area contributed by atoms with Crippen molar-refractivity contribution in [2.75, 3.05) is 5.32 Å². The number of nitrogens with one attached hydrogen (secondary N) is 1. The van der Waals surface area contributed by atoms with E-state index in [-0.39, 0.29) is 35.2 Å². The lowest BCUT2D eigenvalue weighted by Gasteiger charge is -2.41. The highest BCUT2D eigenvalue weighted by Crippen LogP contribution is 2.39. The minimum absolute atomic E-state index is 0. The summed E-state index contributed by atoms with van der Waals surface area (Å²) in [7, 11) is 0. The number of anilines is 1. The number of aromatic nitrogens is 1. The highest BCUT2D eigenvalue weighted by molar-refractivity contribution is 5.85. The van der Waals surface area contributed by atoms with Gasteiger partial charge in [0.2, 0.25) is 6.29 Å². The van der Waals surface area contributed by atoms with Gasteiger partial charge in [-0.25, -0.2) is 10.0 Å². The summed E-state index contributed by atoms with van der Waals surface area (Å²) < 4.78 is 85.6. The lowest BCUT2D eigenvalue weighted by molar-refractivity contribution is -0.177. The van der Waals surface area contributed by atoms with Crippen LogP contribution in [0, 0.1) is 5.41 Å². The average Bonchev–Trinajstić information content (AvgIpc) is 3.24. The molecule has 40 heavy (non-hydrogen) atoms. The lowest BCUT2D eigenvalue weighted by atomic mass is 9.97. The molecule has 8 nitrogen and oxygen atoms in total. The number of hydrogen-bond acceptors (Lipinski definition) is 8. The minimum atomic E-state index is -4.70. The van der Waals surface area contributed by atoms with E-state index < -0.39 is 47.4 Å². The van der Waals surface area contributed by atoms with Gasteiger partial charge >= 0.3 is 18.3 Å². The number of rotatable bonds is 5. The molecule has 0 fully saturated rings. The molecule has 2 aliphatic heterocycles. The minimum Gasteiger partial charge on any atom is -0.440 e. The number of benzene rings is 1. The van der Waals surface area contributed by atoms with Gasteiger partial charge in [0.15, 0.2) is 12.0 Å². The number of pyridine rings is 1. The van der Waals surface area contributed by atoms with E-state index in [1.165, 1.54) is 53.6 Å². The number of nitrogens with zero attached hydrogens (tertiary/aromatic N) is 5. The van der Waals surface area contributed by atoms with Gasteiger partial charge in [-0.05, 0) is 70.2 Å². The topological polar surface area (TPSA) is 82.4 Å². The second-order valence-electron chi connectivity index (χ2n) is 9.77. The maximum Gasteiger partial charge on any atom is 0.418 e. The molecule has 1 N–H and O–H groups in total. The molecule has 0 saturated carbocycles.